The predicted molar refractivity (Wildman–Crippen MR) is 67.1 cm³/mol. The van der Waals surface area contributed by atoms with Crippen molar-refractivity contribution in [1.29, 1.82) is 0 Å². The van der Waals surface area contributed by atoms with E-state index in [0.717, 1.165) is 19.5 Å². The van der Waals surface area contributed by atoms with Crippen molar-refractivity contribution in [2.45, 2.75) is 19.0 Å². The fraction of sp³-hybridized carbons (Fsp3) is 0.727. The van der Waals surface area contributed by atoms with Gasteiger partial charge in [0, 0.05) is 25.7 Å². The summed E-state index contributed by atoms with van der Waals surface area (Å²) in [5.41, 5.74) is 5.84. The van der Waals surface area contributed by atoms with Gasteiger partial charge in [0.2, 0.25) is 0 Å². The second-order valence-corrected chi connectivity index (χ2v) is 4.81. The molecule has 1 aliphatic heterocycles. The molecule has 1 fully saturated rings. The quantitative estimate of drug-likeness (QED) is 0.744. The normalized spacial score (nSPS) is 19.8. The zero-order chi connectivity index (χ0) is 13.1. The second-order valence-electron chi connectivity index (χ2n) is 4.81. The van der Waals surface area contributed by atoms with Crippen LogP contribution in [-0.4, -0.2) is 70.5 Å². The second kappa shape index (κ2) is 5.45. The molecule has 0 saturated carbocycles. The van der Waals surface area contributed by atoms with E-state index in [0.29, 0.717) is 24.8 Å². The molecule has 18 heavy (non-hydrogen) atoms. The minimum absolute atomic E-state index is 0.0392. The van der Waals surface area contributed by atoms with E-state index in [1.807, 2.05) is 19.0 Å². The molecule has 1 aromatic rings. The molecule has 7 nitrogen and oxygen atoms in total. The molecule has 0 aromatic carbocycles. The van der Waals surface area contributed by atoms with Crippen LogP contribution in [0.2, 0.25) is 0 Å². The van der Waals surface area contributed by atoms with E-state index in [4.69, 9.17) is 5.73 Å². The molecule has 0 aliphatic carbocycles. The Bertz CT molecular complexity index is 415. The first-order chi connectivity index (χ1) is 8.61. The number of carbonyl (C=O) groups excluding carboxylic acids is 1. The van der Waals surface area contributed by atoms with Gasteiger partial charge in [-0.2, -0.15) is 0 Å². The highest BCUT2D eigenvalue weighted by Crippen LogP contribution is 2.15. The first-order valence-electron chi connectivity index (χ1n) is 6.17. The van der Waals surface area contributed by atoms with Crippen LogP contribution >= 0.6 is 0 Å². The molecule has 0 bridgehead atoms. The lowest BCUT2D eigenvalue weighted by molar-refractivity contribution is 0.0777. The van der Waals surface area contributed by atoms with Crippen LogP contribution < -0.4 is 5.73 Å². The molecule has 1 atom stereocenters. The van der Waals surface area contributed by atoms with Gasteiger partial charge < -0.3 is 15.5 Å². The molecule has 2 N–H and O–H groups in total. The van der Waals surface area contributed by atoms with Crippen LogP contribution in [0.3, 0.4) is 0 Å². The van der Waals surface area contributed by atoms with Crippen molar-refractivity contribution >= 4 is 5.91 Å². The lowest BCUT2D eigenvalue weighted by atomic mass is 10.2. The molecule has 0 spiro atoms. The number of likely N-dealkylation sites (N-methyl/N-ethyl adjacent to an activating group) is 1. The Balaban J connectivity index is 1.99. The summed E-state index contributed by atoms with van der Waals surface area (Å²) in [5, 5.41) is 7.78. The van der Waals surface area contributed by atoms with E-state index in [-0.39, 0.29) is 5.91 Å². The van der Waals surface area contributed by atoms with Gasteiger partial charge in [0.25, 0.3) is 5.91 Å². The first-order valence-corrected chi connectivity index (χ1v) is 6.17. The predicted octanol–water partition coefficient (Wildman–Crippen LogP) is -0.987. The van der Waals surface area contributed by atoms with E-state index in [1.165, 1.54) is 0 Å². The Morgan fingerprint density at radius 1 is 1.61 bits per heavy atom. The van der Waals surface area contributed by atoms with Crippen LogP contribution in [0.4, 0.5) is 0 Å². The summed E-state index contributed by atoms with van der Waals surface area (Å²) in [7, 11) is 4.08. The Morgan fingerprint density at radius 3 is 3.00 bits per heavy atom. The third-order valence-corrected chi connectivity index (χ3v) is 3.30. The Hall–Kier alpha value is -1.47. The van der Waals surface area contributed by atoms with Gasteiger partial charge in [-0.15, -0.1) is 5.10 Å². The summed E-state index contributed by atoms with van der Waals surface area (Å²) < 4.78 is 1.60. The summed E-state index contributed by atoms with van der Waals surface area (Å²) in [6, 6.07) is 0.438. The van der Waals surface area contributed by atoms with Gasteiger partial charge in [-0.05, 0) is 20.5 Å². The molecular weight excluding hydrogens is 232 g/mol. The molecule has 2 heterocycles. The van der Waals surface area contributed by atoms with Crippen molar-refractivity contribution in [2.24, 2.45) is 5.73 Å². The maximum Gasteiger partial charge on any atom is 0.276 e. The Kier molecular flexibility index (Phi) is 3.93. The molecule has 1 saturated heterocycles. The van der Waals surface area contributed by atoms with Gasteiger partial charge in [-0.25, -0.2) is 0 Å². The van der Waals surface area contributed by atoms with E-state index in [2.05, 4.69) is 15.2 Å². The molecule has 100 valence electrons. The Labute approximate surface area is 107 Å². The summed E-state index contributed by atoms with van der Waals surface area (Å²) in [5.74, 6) is -0.0392. The highest BCUT2D eigenvalue weighted by molar-refractivity contribution is 5.92. The van der Waals surface area contributed by atoms with E-state index in [1.54, 1.807) is 10.9 Å². The molecule has 1 unspecified atom stereocenters. The lowest BCUT2D eigenvalue weighted by Crippen LogP contribution is -2.34. The summed E-state index contributed by atoms with van der Waals surface area (Å²) >= 11 is 0. The average molecular weight is 252 g/mol. The maximum absolute atomic E-state index is 12.2. The van der Waals surface area contributed by atoms with E-state index < -0.39 is 0 Å². The van der Waals surface area contributed by atoms with Gasteiger partial charge in [0.15, 0.2) is 5.69 Å². The molecule has 7 heteroatoms. The van der Waals surface area contributed by atoms with Gasteiger partial charge in [-0.1, -0.05) is 5.21 Å². The summed E-state index contributed by atoms with van der Waals surface area (Å²) in [6.45, 7) is 2.62. The number of nitrogens with two attached hydrogens (primary N) is 1. The number of nitrogens with zero attached hydrogens (tertiary/aromatic N) is 5. The smallest absolute Gasteiger partial charge is 0.276 e. The minimum Gasteiger partial charge on any atom is -0.336 e. The topological polar surface area (TPSA) is 80.3 Å². The van der Waals surface area contributed by atoms with Gasteiger partial charge in [0.05, 0.1) is 12.7 Å². The van der Waals surface area contributed by atoms with Crippen LogP contribution in [0.1, 0.15) is 16.9 Å². The monoisotopic (exact) mass is 252 g/mol. The standard InChI is InChI=1S/C11H20N6O/c1-15(2)9-3-5-16(7-9)11(18)10-8-17(6-4-12)14-13-10/h8-9H,3-7,12H2,1-2H3. The molecule has 1 aromatic heterocycles. The highest BCUT2D eigenvalue weighted by atomic mass is 16.2. The number of hydrogen-bond donors (Lipinski definition) is 1. The maximum atomic E-state index is 12.2. The largest absolute Gasteiger partial charge is 0.336 e. The van der Waals surface area contributed by atoms with Crippen LogP contribution in [0.25, 0.3) is 0 Å². The van der Waals surface area contributed by atoms with Crippen molar-refractivity contribution in [2.75, 3.05) is 33.7 Å². The van der Waals surface area contributed by atoms with Gasteiger partial charge in [0.1, 0.15) is 0 Å². The van der Waals surface area contributed by atoms with Crippen molar-refractivity contribution in [1.82, 2.24) is 24.8 Å². The molecule has 2 rings (SSSR count). The van der Waals surface area contributed by atoms with E-state index >= 15 is 0 Å². The molecule has 0 radical (unpaired) electrons. The van der Waals surface area contributed by atoms with E-state index in [9.17, 15) is 4.79 Å². The summed E-state index contributed by atoms with van der Waals surface area (Å²) in [6.07, 6.45) is 2.67. The van der Waals surface area contributed by atoms with Gasteiger partial charge >= 0.3 is 0 Å². The fourth-order valence-electron chi connectivity index (χ4n) is 2.15. The lowest BCUT2D eigenvalue weighted by Gasteiger charge is -2.19. The number of likely N-dealkylation sites (tertiary alicyclic amines) is 1. The Morgan fingerprint density at radius 2 is 2.39 bits per heavy atom. The zero-order valence-electron chi connectivity index (χ0n) is 10.9. The number of rotatable bonds is 4. The van der Waals surface area contributed by atoms with Crippen LogP contribution in [0.5, 0.6) is 0 Å². The number of amides is 1. The minimum atomic E-state index is -0.0392. The number of hydrogen-bond acceptors (Lipinski definition) is 5. The third kappa shape index (κ3) is 2.68. The van der Waals surface area contributed by atoms with Crippen molar-refractivity contribution < 1.29 is 4.79 Å². The van der Waals surface area contributed by atoms with Crippen molar-refractivity contribution in [3.05, 3.63) is 11.9 Å². The van der Waals surface area contributed by atoms with Crippen LogP contribution in [0, 0.1) is 0 Å². The molecular formula is C11H20N6O. The van der Waals surface area contributed by atoms with Crippen LogP contribution in [-0.2, 0) is 6.54 Å². The zero-order valence-corrected chi connectivity index (χ0v) is 10.9. The molecule has 1 amide bonds. The van der Waals surface area contributed by atoms with Gasteiger partial charge in [-0.3, -0.25) is 9.48 Å². The number of carbonyl (C=O) groups is 1. The van der Waals surface area contributed by atoms with Crippen molar-refractivity contribution in [3.63, 3.8) is 0 Å². The first kappa shape index (κ1) is 13.0. The average Bonchev–Trinajstić information content (AvgIpc) is 2.97. The fourth-order valence-corrected chi connectivity index (χ4v) is 2.15. The highest BCUT2D eigenvalue weighted by Gasteiger charge is 2.29. The number of aromatic nitrogens is 3. The van der Waals surface area contributed by atoms with Crippen molar-refractivity contribution in [3.8, 4) is 0 Å². The molecule has 1 aliphatic rings. The summed E-state index contributed by atoms with van der Waals surface area (Å²) in [4.78, 5) is 16.2. The van der Waals surface area contributed by atoms with Crippen LogP contribution in [0.15, 0.2) is 6.20 Å². The SMILES string of the molecule is CN(C)C1CCN(C(=O)c2cn(CCN)nn2)C1. The third-order valence-electron chi connectivity index (χ3n) is 3.30.